The Balaban J connectivity index is 1.16. The van der Waals surface area contributed by atoms with Crippen LogP contribution < -0.4 is 4.90 Å². The fourth-order valence-electron chi connectivity index (χ4n) is 6.88. The molecule has 5 nitrogen and oxygen atoms in total. The van der Waals surface area contributed by atoms with E-state index in [4.69, 9.17) is 9.97 Å². The third kappa shape index (κ3) is 4.50. The molecule has 0 radical (unpaired) electrons. The number of hydrogen-bond acceptors (Lipinski definition) is 5. The van der Waals surface area contributed by atoms with Gasteiger partial charge in [-0.05, 0) is 95.7 Å². The summed E-state index contributed by atoms with van der Waals surface area (Å²) < 4.78 is 0. The summed E-state index contributed by atoms with van der Waals surface area (Å²) in [4.78, 5) is 17.8. The van der Waals surface area contributed by atoms with Gasteiger partial charge < -0.3 is 9.80 Å². The van der Waals surface area contributed by atoms with Gasteiger partial charge in [0.05, 0.1) is 0 Å². The van der Waals surface area contributed by atoms with Gasteiger partial charge in [0.25, 0.3) is 0 Å². The van der Waals surface area contributed by atoms with Crippen LogP contribution in [0, 0.1) is 5.92 Å². The summed E-state index contributed by atoms with van der Waals surface area (Å²) in [6.45, 7) is 11.9. The molecule has 3 saturated heterocycles. The Bertz CT molecular complexity index is 689. The molecule has 5 heteroatoms. The first kappa shape index (κ1) is 21.6. The van der Waals surface area contributed by atoms with Crippen molar-refractivity contribution in [2.45, 2.75) is 109 Å². The van der Waals surface area contributed by atoms with Gasteiger partial charge in [0.1, 0.15) is 0 Å². The zero-order valence-corrected chi connectivity index (χ0v) is 20.0. The van der Waals surface area contributed by atoms with E-state index < -0.39 is 0 Å². The maximum atomic E-state index is 4.90. The van der Waals surface area contributed by atoms with Crippen LogP contribution in [-0.4, -0.2) is 70.1 Å². The number of aromatic nitrogens is 2. The summed E-state index contributed by atoms with van der Waals surface area (Å²) in [7, 11) is 0. The van der Waals surface area contributed by atoms with Crippen molar-refractivity contribution in [2.75, 3.05) is 31.1 Å². The van der Waals surface area contributed by atoms with Crippen molar-refractivity contribution in [3.05, 3.63) is 18.0 Å². The van der Waals surface area contributed by atoms with Crippen molar-refractivity contribution in [1.29, 1.82) is 0 Å². The van der Waals surface area contributed by atoms with Gasteiger partial charge in [0, 0.05) is 49.7 Å². The van der Waals surface area contributed by atoms with E-state index in [1.165, 1.54) is 76.4 Å². The average Bonchev–Trinajstić information content (AvgIpc) is 3.08. The van der Waals surface area contributed by atoms with Crippen LogP contribution in [0.3, 0.4) is 0 Å². The Labute approximate surface area is 189 Å². The van der Waals surface area contributed by atoms with Gasteiger partial charge in [-0.25, -0.2) is 9.97 Å². The fraction of sp³-hybridized carbons (Fsp3) is 0.846. The van der Waals surface area contributed by atoms with Gasteiger partial charge in [-0.15, -0.1) is 0 Å². The summed E-state index contributed by atoms with van der Waals surface area (Å²) in [5.41, 5.74) is 1.37. The van der Waals surface area contributed by atoms with Crippen molar-refractivity contribution in [1.82, 2.24) is 19.8 Å². The first-order chi connectivity index (χ1) is 15.1. The predicted molar refractivity (Wildman–Crippen MR) is 128 cm³/mol. The highest BCUT2D eigenvalue weighted by Crippen LogP contribution is 2.36. The molecule has 5 rings (SSSR count). The van der Waals surface area contributed by atoms with Crippen LogP contribution in [0.4, 0.5) is 5.95 Å². The highest BCUT2D eigenvalue weighted by molar-refractivity contribution is 5.38. The molecule has 4 fully saturated rings. The average molecular weight is 426 g/mol. The largest absolute Gasteiger partial charge is 0.332 e. The van der Waals surface area contributed by atoms with Crippen LogP contribution >= 0.6 is 0 Å². The van der Waals surface area contributed by atoms with Crippen molar-refractivity contribution in [3.8, 4) is 0 Å². The fourth-order valence-corrected chi connectivity index (χ4v) is 6.88. The molecule has 31 heavy (non-hydrogen) atoms. The lowest BCUT2D eigenvalue weighted by atomic mass is 9.82. The molecule has 172 valence electrons. The molecule has 2 bridgehead atoms. The van der Waals surface area contributed by atoms with Gasteiger partial charge in [-0.3, -0.25) is 4.90 Å². The SMILES string of the molecule is CCC1CCC(N2CCC(c3cnc(N4C5CCC4CN(C(C)C)C5)nc3)CC2)CC1. The summed E-state index contributed by atoms with van der Waals surface area (Å²) in [6.07, 6.45) is 16.6. The molecule has 1 aromatic heterocycles. The molecule has 0 amide bonds. The lowest BCUT2D eigenvalue weighted by molar-refractivity contribution is 0.106. The number of piperidine rings is 1. The Morgan fingerprint density at radius 1 is 0.839 bits per heavy atom. The van der Waals surface area contributed by atoms with E-state index in [1.807, 2.05) is 0 Å². The number of anilines is 1. The normalized spacial score (nSPS) is 33.4. The van der Waals surface area contributed by atoms with Crippen LogP contribution in [0.1, 0.15) is 90.0 Å². The van der Waals surface area contributed by atoms with Crippen LogP contribution in [0.15, 0.2) is 12.4 Å². The first-order valence-electron chi connectivity index (χ1n) is 13.2. The molecule has 1 aromatic rings. The number of nitrogens with zero attached hydrogens (tertiary/aromatic N) is 5. The standard InChI is InChI=1S/C26H43N5/c1-4-20-5-7-23(8-6-20)29-13-11-21(12-14-29)22-15-27-26(28-16-22)31-24-9-10-25(31)18-30(17-24)19(2)3/h15-16,19-21,23-25H,4-14,17-18H2,1-3H3. The van der Waals surface area contributed by atoms with Crippen LogP contribution in [0.25, 0.3) is 0 Å². The summed E-state index contributed by atoms with van der Waals surface area (Å²) in [5, 5.41) is 0. The third-order valence-electron chi connectivity index (χ3n) is 9.04. The summed E-state index contributed by atoms with van der Waals surface area (Å²) in [5.74, 6) is 2.62. The van der Waals surface area contributed by atoms with Crippen molar-refractivity contribution >= 4 is 5.95 Å². The van der Waals surface area contributed by atoms with E-state index in [1.54, 1.807) is 0 Å². The Morgan fingerprint density at radius 2 is 1.42 bits per heavy atom. The van der Waals surface area contributed by atoms with Gasteiger partial charge >= 0.3 is 0 Å². The molecule has 1 saturated carbocycles. The molecule has 2 unspecified atom stereocenters. The van der Waals surface area contributed by atoms with E-state index in [2.05, 4.69) is 47.9 Å². The topological polar surface area (TPSA) is 35.5 Å². The number of rotatable bonds is 5. The number of hydrogen-bond donors (Lipinski definition) is 0. The number of fused-ring (bicyclic) bond motifs is 2. The smallest absolute Gasteiger partial charge is 0.225 e. The van der Waals surface area contributed by atoms with E-state index in [9.17, 15) is 0 Å². The summed E-state index contributed by atoms with van der Waals surface area (Å²) >= 11 is 0. The zero-order valence-electron chi connectivity index (χ0n) is 20.0. The first-order valence-corrected chi connectivity index (χ1v) is 13.2. The van der Waals surface area contributed by atoms with Crippen LogP contribution in [0.2, 0.25) is 0 Å². The van der Waals surface area contributed by atoms with E-state index >= 15 is 0 Å². The molecule has 0 spiro atoms. The minimum Gasteiger partial charge on any atom is -0.332 e. The molecule has 0 N–H and O–H groups in total. The van der Waals surface area contributed by atoms with E-state index in [-0.39, 0.29) is 0 Å². The maximum Gasteiger partial charge on any atom is 0.225 e. The van der Waals surface area contributed by atoms with Crippen molar-refractivity contribution in [3.63, 3.8) is 0 Å². The van der Waals surface area contributed by atoms with Crippen LogP contribution in [-0.2, 0) is 0 Å². The van der Waals surface area contributed by atoms with Gasteiger partial charge in [-0.1, -0.05) is 13.3 Å². The molecular weight excluding hydrogens is 382 g/mol. The van der Waals surface area contributed by atoms with E-state index in [0.717, 1.165) is 31.0 Å². The third-order valence-corrected chi connectivity index (χ3v) is 9.04. The quantitative estimate of drug-likeness (QED) is 0.684. The van der Waals surface area contributed by atoms with Gasteiger partial charge in [0.2, 0.25) is 5.95 Å². The molecule has 4 heterocycles. The lowest BCUT2D eigenvalue weighted by Crippen LogP contribution is -2.56. The zero-order chi connectivity index (χ0) is 21.4. The second-order valence-electron chi connectivity index (χ2n) is 11.0. The van der Waals surface area contributed by atoms with Gasteiger partial charge in [-0.2, -0.15) is 0 Å². The molecule has 2 atom stereocenters. The van der Waals surface area contributed by atoms with Crippen molar-refractivity contribution < 1.29 is 0 Å². The molecule has 3 aliphatic heterocycles. The molecule has 4 aliphatic rings. The molecular formula is C26H43N5. The second-order valence-corrected chi connectivity index (χ2v) is 11.0. The van der Waals surface area contributed by atoms with Gasteiger partial charge in [0.15, 0.2) is 0 Å². The van der Waals surface area contributed by atoms with E-state index in [0.29, 0.717) is 24.0 Å². The predicted octanol–water partition coefficient (Wildman–Crippen LogP) is 4.69. The summed E-state index contributed by atoms with van der Waals surface area (Å²) in [6, 6.07) is 2.68. The molecule has 0 aromatic carbocycles. The molecule has 1 aliphatic carbocycles. The Morgan fingerprint density at radius 3 is 1.97 bits per heavy atom. The highest BCUT2D eigenvalue weighted by atomic mass is 15.4. The van der Waals surface area contributed by atoms with Crippen molar-refractivity contribution in [2.24, 2.45) is 5.92 Å². The second kappa shape index (κ2) is 9.35. The lowest BCUT2D eigenvalue weighted by Gasteiger charge is -2.43. The Hall–Kier alpha value is -1.20. The maximum absolute atomic E-state index is 4.90. The van der Waals surface area contributed by atoms with Crippen LogP contribution in [0.5, 0.6) is 0 Å². The minimum atomic E-state index is 0.595. The monoisotopic (exact) mass is 425 g/mol. The Kier molecular flexibility index (Phi) is 6.52. The number of likely N-dealkylation sites (tertiary alicyclic amines) is 2. The minimum absolute atomic E-state index is 0.595. The highest BCUT2D eigenvalue weighted by Gasteiger charge is 2.41. The number of piperazine rings is 1.